The summed E-state index contributed by atoms with van der Waals surface area (Å²) in [6, 6.07) is 14.2. The van der Waals surface area contributed by atoms with Gasteiger partial charge in [-0.1, -0.05) is 18.2 Å². The Balaban J connectivity index is 2.11. The van der Waals surface area contributed by atoms with E-state index >= 15 is 0 Å². The number of carbonyl (C=O) groups is 1. The number of methoxy groups -OCH3 is 1. The van der Waals surface area contributed by atoms with Crippen LogP contribution in [-0.2, 0) is 9.53 Å². The van der Waals surface area contributed by atoms with Crippen molar-refractivity contribution in [2.45, 2.75) is 6.92 Å². The third kappa shape index (κ3) is 4.71. The molecule has 0 aliphatic rings. The summed E-state index contributed by atoms with van der Waals surface area (Å²) in [4.78, 5) is 29.8. The summed E-state index contributed by atoms with van der Waals surface area (Å²) in [6.45, 7) is 2.44. The average molecular weight is 404 g/mol. The maximum atomic E-state index is 13.1. The van der Waals surface area contributed by atoms with Crippen molar-refractivity contribution < 1.29 is 14.3 Å². The number of hydrogen-bond acceptors (Lipinski definition) is 6. The molecule has 1 aromatic carbocycles. The van der Waals surface area contributed by atoms with Crippen molar-refractivity contribution in [1.82, 2.24) is 14.7 Å². The molecule has 8 nitrogen and oxygen atoms in total. The molecule has 3 aromatic rings. The molecule has 0 saturated heterocycles. The van der Waals surface area contributed by atoms with E-state index in [2.05, 4.69) is 10.3 Å². The average Bonchev–Trinajstić information content (AvgIpc) is 2.74. The van der Waals surface area contributed by atoms with E-state index in [9.17, 15) is 14.9 Å². The van der Waals surface area contributed by atoms with Gasteiger partial charge in [0.2, 0.25) is 5.88 Å². The zero-order valence-corrected chi connectivity index (χ0v) is 16.6. The first-order chi connectivity index (χ1) is 14.5. The number of amides is 1. The molecule has 0 unspecified atom stereocenters. The van der Waals surface area contributed by atoms with E-state index in [1.54, 1.807) is 36.5 Å². The maximum absolute atomic E-state index is 13.1. The minimum Gasteiger partial charge on any atom is -0.438 e. The first-order valence-electron chi connectivity index (χ1n) is 9.18. The number of nitriles is 1. The van der Waals surface area contributed by atoms with Gasteiger partial charge in [-0.15, -0.1) is 0 Å². The van der Waals surface area contributed by atoms with Gasteiger partial charge in [-0.25, -0.2) is 0 Å². The fourth-order valence-corrected chi connectivity index (χ4v) is 2.73. The molecule has 0 atom stereocenters. The van der Waals surface area contributed by atoms with Gasteiger partial charge in [-0.3, -0.25) is 14.0 Å². The van der Waals surface area contributed by atoms with Crippen molar-refractivity contribution in [1.29, 1.82) is 5.26 Å². The van der Waals surface area contributed by atoms with Crippen LogP contribution in [0.1, 0.15) is 11.1 Å². The lowest BCUT2D eigenvalue weighted by molar-refractivity contribution is -0.117. The molecular weight excluding hydrogens is 384 g/mol. The van der Waals surface area contributed by atoms with Crippen LogP contribution in [0.3, 0.4) is 0 Å². The van der Waals surface area contributed by atoms with Crippen LogP contribution in [0.4, 0.5) is 0 Å². The lowest BCUT2D eigenvalue weighted by Gasteiger charge is -2.11. The summed E-state index contributed by atoms with van der Waals surface area (Å²) in [5.74, 6) is -0.122. The number of aromatic nitrogens is 2. The fourth-order valence-electron chi connectivity index (χ4n) is 2.73. The van der Waals surface area contributed by atoms with Gasteiger partial charge in [-0.2, -0.15) is 10.2 Å². The fraction of sp³-hybridized carbons (Fsp3) is 0.182. The largest absolute Gasteiger partial charge is 0.438 e. The molecule has 2 heterocycles. The van der Waals surface area contributed by atoms with Crippen molar-refractivity contribution >= 4 is 17.6 Å². The third-order valence-corrected chi connectivity index (χ3v) is 4.18. The summed E-state index contributed by atoms with van der Waals surface area (Å²) in [6.07, 6.45) is 2.76. The van der Waals surface area contributed by atoms with Crippen LogP contribution < -0.4 is 15.6 Å². The summed E-state index contributed by atoms with van der Waals surface area (Å²) in [5.41, 5.74) is 0.650. The van der Waals surface area contributed by atoms with Gasteiger partial charge in [0.15, 0.2) is 0 Å². The topological polar surface area (TPSA) is 106 Å². The second-order valence-corrected chi connectivity index (χ2v) is 6.40. The number of ether oxygens (including phenoxy) is 2. The van der Waals surface area contributed by atoms with Crippen molar-refractivity contribution in [2.75, 3.05) is 20.3 Å². The van der Waals surface area contributed by atoms with Crippen LogP contribution >= 0.6 is 0 Å². The number of fused-ring (bicyclic) bond motifs is 1. The van der Waals surface area contributed by atoms with Crippen molar-refractivity contribution in [3.63, 3.8) is 0 Å². The van der Waals surface area contributed by atoms with Gasteiger partial charge >= 0.3 is 0 Å². The number of carbonyl (C=O) groups excluding carboxylic acids is 1. The second kappa shape index (κ2) is 9.49. The lowest BCUT2D eigenvalue weighted by atomic mass is 10.1. The summed E-state index contributed by atoms with van der Waals surface area (Å²) >= 11 is 0. The number of benzene rings is 1. The van der Waals surface area contributed by atoms with E-state index in [1.807, 2.05) is 25.1 Å². The van der Waals surface area contributed by atoms with Crippen molar-refractivity contribution in [3.05, 3.63) is 75.7 Å². The van der Waals surface area contributed by atoms with Crippen LogP contribution in [0, 0.1) is 18.3 Å². The monoisotopic (exact) mass is 404 g/mol. The van der Waals surface area contributed by atoms with Gasteiger partial charge in [0.1, 0.15) is 28.6 Å². The Kier molecular flexibility index (Phi) is 6.57. The Morgan fingerprint density at radius 3 is 2.87 bits per heavy atom. The van der Waals surface area contributed by atoms with Crippen molar-refractivity contribution in [2.24, 2.45) is 0 Å². The Hall–Kier alpha value is -3.96. The molecular formula is C22H20N4O4. The molecule has 1 N–H and O–H groups in total. The lowest BCUT2D eigenvalue weighted by Crippen LogP contribution is -2.28. The highest BCUT2D eigenvalue weighted by molar-refractivity contribution is 6.01. The molecule has 0 fully saturated rings. The minimum absolute atomic E-state index is 0.00125. The molecule has 1 amide bonds. The predicted octanol–water partition coefficient (Wildman–Crippen LogP) is 2.46. The molecule has 0 bridgehead atoms. The molecule has 152 valence electrons. The van der Waals surface area contributed by atoms with Gasteiger partial charge in [-0.05, 0) is 42.8 Å². The molecule has 3 rings (SSSR count). The van der Waals surface area contributed by atoms with Crippen LogP contribution in [0.15, 0.2) is 59.0 Å². The molecule has 8 heteroatoms. The highest BCUT2D eigenvalue weighted by Gasteiger charge is 2.17. The SMILES string of the molecule is COCCNC(=O)/C(C#N)=C/c1c(Oc2cccc(C)c2)nc2ccccn2c1=O. The normalized spacial score (nSPS) is 11.2. The van der Waals surface area contributed by atoms with E-state index in [0.717, 1.165) is 5.56 Å². The Labute approximate surface area is 173 Å². The number of pyridine rings is 1. The molecule has 30 heavy (non-hydrogen) atoms. The molecule has 0 aliphatic carbocycles. The summed E-state index contributed by atoms with van der Waals surface area (Å²) < 4.78 is 12.1. The summed E-state index contributed by atoms with van der Waals surface area (Å²) in [7, 11) is 1.50. The Bertz CT molecular complexity index is 1210. The van der Waals surface area contributed by atoms with Crippen LogP contribution in [0.2, 0.25) is 0 Å². The molecule has 2 aromatic heterocycles. The molecule has 0 aliphatic heterocycles. The summed E-state index contributed by atoms with van der Waals surface area (Å²) in [5, 5.41) is 12.0. The van der Waals surface area contributed by atoms with Gasteiger partial charge < -0.3 is 14.8 Å². The highest BCUT2D eigenvalue weighted by atomic mass is 16.5. The van der Waals surface area contributed by atoms with E-state index < -0.39 is 11.5 Å². The number of nitrogens with zero attached hydrogens (tertiary/aromatic N) is 3. The maximum Gasteiger partial charge on any atom is 0.269 e. The van der Waals surface area contributed by atoms with Crippen molar-refractivity contribution in [3.8, 4) is 17.7 Å². The first-order valence-corrected chi connectivity index (χ1v) is 9.18. The van der Waals surface area contributed by atoms with Crippen LogP contribution in [-0.4, -0.2) is 35.6 Å². The van der Waals surface area contributed by atoms with Gasteiger partial charge in [0.25, 0.3) is 11.5 Å². The quantitative estimate of drug-likeness (QED) is 0.368. The Morgan fingerprint density at radius 2 is 2.13 bits per heavy atom. The zero-order valence-electron chi connectivity index (χ0n) is 16.6. The second-order valence-electron chi connectivity index (χ2n) is 6.40. The molecule has 0 spiro atoms. The van der Waals surface area contributed by atoms with Gasteiger partial charge in [0.05, 0.1) is 6.61 Å². The number of aryl methyl sites for hydroxylation is 1. The predicted molar refractivity (Wildman–Crippen MR) is 111 cm³/mol. The molecule has 0 radical (unpaired) electrons. The Morgan fingerprint density at radius 1 is 1.30 bits per heavy atom. The van der Waals surface area contributed by atoms with Gasteiger partial charge in [0, 0.05) is 19.9 Å². The number of rotatable bonds is 7. The number of hydrogen-bond donors (Lipinski definition) is 1. The van der Waals surface area contributed by atoms with Crippen LogP contribution in [0.25, 0.3) is 11.7 Å². The standard InChI is InChI=1S/C22H20N4O4/c1-15-6-5-7-17(12-15)30-21-18(13-16(14-23)20(27)24-9-11-29-2)22(28)26-10-4-3-8-19(26)25-21/h3-8,10,12-13H,9,11H2,1-2H3,(H,24,27)/b16-13+. The third-order valence-electron chi connectivity index (χ3n) is 4.18. The number of nitrogens with one attached hydrogen (secondary N) is 1. The highest BCUT2D eigenvalue weighted by Crippen LogP contribution is 2.24. The minimum atomic E-state index is -0.617. The van der Waals surface area contributed by atoms with E-state index in [4.69, 9.17) is 9.47 Å². The molecule has 0 saturated carbocycles. The van der Waals surface area contributed by atoms with Crippen LogP contribution in [0.5, 0.6) is 11.6 Å². The zero-order chi connectivity index (χ0) is 21.5. The van der Waals surface area contributed by atoms with E-state index in [-0.39, 0.29) is 23.6 Å². The first kappa shape index (κ1) is 20.8. The van der Waals surface area contributed by atoms with E-state index in [1.165, 1.54) is 17.6 Å². The van der Waals surface area contributed by atoms with E-state index in [0.29, 0.717) is 18.0 Å². The smallest absolute Gasteiger partial charge is 0.269 e.